The topological polar surface area (TPSA) is 39.3 Å². The van der Waals surface area contributed by atoms with E-state index < -0.39 is 0 Å². The number of carbonyl (C=O) groups excluding carboxylic acids is 1. The predicted molar refractivity (Wildman–Crippen MR) is 103 cm³/mol. The highest BCUT2D eigenvalue weighted by Gasteiger charge is 2.46. The average Bonchev–Trinajstić information content (AvgIpc) is 2.94. The highest BCUT2D eigenvalue weighted by atomic mass is 16.6. The lowest BCUT2D eigenvalue weighted by molar-refractivity contribution is -0.0111. The zero-order valence-corrected chi connectivity index (χ0v) is 15.8. The molecule has 1 aromatic carbocycles. The van der Waals surface area contributed by atoms with Gasteiger partial charge in [0.25, 0.3) is 0 Å². The highest BCUT2D eigenvalue weighted by Crippen LogP contribution is 2.31. The van der Waals surface area contributed by atoms with E-state index in [4.69, 9.17) is 4.74 Å². The number of piperidine rings is 1. The summed E-state index contributed by atoms with van der Waals surface area (Å²) >= 11 is 0. The molecule has 0 saturated carbocycles. The van der Waals surface area contributed by atoms with Gasteiger partial charge in [0.05, 0.1) is 6.54 Å². The number of para-hydroxylation sites is 1. The molecule has 6 heteroatoms. The van der Waals surface area contributed by atoms with Crippen molar-refractivity contribution in [3.63, 3.8) is 0 Å². The van der Waals surface area contributed by atoms with Crippen molar-refractivity contribution in [1.29, 1.82) is 0 Å². The minimum absolute atomic E-state index is 0.163. The number of hydrogen-bond acceptors (Lipinski definition) is 5. The monoisotopic (exact) mass is 358 g/mol. The van der Waals surface area contributed by atoms with Crippen molar-refractivity contribution in [2.24, 2.45) is 0 Å². The number of rotatable bonds is 4. The quantitative estimate of drug-likeness (QED) is 0.820. The maximum Gasteiger partial charge on any atom is 0.410 e. The van der Waals surface area contributed by atoms with Gasteiger partial charge in [-0.05, 0) is 31.5 Å². The molecule has 6 nitrogen and oxygen atoms in total. The first-order chi connectivity index (χ1) is 12.6. The number of likely N-dealkylation sites (N-methyl/N-ethyl adjacent to an activating group) is 1. The standard InChI is InChI=1S/C20H30N4O2/c1-21-16-20(26-19(21)25)8-5-9-23(17-20)11-10-22-12-14-24(15-13-22)18-6-3-2-4-7-18/h2-4,6-7H,5,8-17H2,1H3/t20-/m1/s1. The van der Waals surface area contributed by atoms with Crippen molar-refractivity contribution in [1.82, 2.24) is 14.7 Å². The van der Waals surface area contributed by atoms with E-state index in [0.29, 0.717) is 0 Å². The van der Waals surface area contributed by atoms with Crippen LogP contribution in [0.5, 0.6) is 0 Å². The number of amides is 1. The van der Waals surface area contributed by atoms with Crippen molar-refractivity contribution < 1.29 is 9.53 Å². The fraction of sp³-hybridized carbons (Fsp3) is 0.650. The second-order valence-corrected chi connectivity index (χ2v) is 7.95. The lowest BCUT2D eigenvalue weighted by Crippen LogP contribution is -2.53. The smallest absolute Gasteiger partial charge is 0.410 e. The SMILES string of the molecule is CN1C[C@@]2(CCCN(CCN3CCN(c4ccccc4)CC3)C2)OC1=O. The van der Waals surface area contributed by atoms with Gasteiger partial charge in [-0.25, -0.2) is 4.79 Å². The van der Waals surface area contributed by atoms with Crippen molar-refractivity contribution in [3.8, 4) is 0 Å². The van der Waals surface area contributed by atoms with Gasteiger partial charge < -0.3 is 14.5 Å². The number of ether oxygens (including phenoxy) is 1. The lowest BCUT2D eigenvalue weighted by Gasteiger charge is -2.40. The van der Waals surface area contributed by atoms with Crippen LogP contribution in [0, 0.1) is 0 Å². The summed E-state index contributed by atoms with van der Waals surface area (Å²) in [5.74, 6) is 0. The van der Waals surface area contributed by atoms with Crippen LogP contribution < -0.4 is 4.90 Å². The summed E-state index contributed by atoms with van der Waals surface area (Å²) in [5, 5.41) is 0. The van der Waals surface area contributed by atoms with Gasteiger partial charge in [-0.1, -0.05) is 18.2 Å². The molecular formula is C20H30N4O2. The van der Waals surface area contributed by atoms with E-state index in [1.165, 1.54) is 5.69 Å². The summed E-state index contributed by atoms with van der Waals surface area (Å²) in [6.07, 6.45) is 1.95. The summed E-state index contributed by atoms with van der Waals surface area (Å²) in [7, 11) is 1.84. The molecule has 3 aliphatic heterocycles. The second-order valence-electron chi connectivity index (χ2n) is 7.95. The first-order valence-electron chi connectivity index (χ1n) is 9.82. The van der Waals surface area contributed by atoms with Crippen molar-refractivity contribution in [2.75, 3.05) is 70.9 Å². The number of hydrogen-bond donors (Lipinski definition) is 0. The Morgan fingerprint density at radius 3 is 2.38 bits per heavy atom. The number of likely N-dealkylation sites (tertiary alicyclic amines) is 1. The second kappa shape index (κ2) is 7.45. The molecule has 3 aliphatic rings. The molecule has 3 heterocycles. The number of anilines is 1. The molecule has 0 unspecified atom stereocenters. The van der Waals surface area contributed by atoms with Crippen LogP contribution in [0.1, 0.15) is 12.8 Å². The Morgan fingerprint density at radius 1 is 0.962 bits per heavy atom. The maximum atomic E-state index is 11.8. The average molecular weight is 358 g/mol. The van der Waals surface area contributed by atoms with Crippen LogP contribution in [0.3, 0.4) is 0 Å². The normalized spacial score (nSPS) is 28.0. The third kappa shape index (κ3) is 3.81. The van der Waals surface area contributed by atoms with E-state index in [1.807, 2.05) is 7.05 Å². The van der Waals surface area contributed by atoms with Crippen molar-refractivity contribution in [3.05, 3.63) is 30.3 Å². The Bertz CT molecular complexity index is 617. The summed E-state index contributed by atoms with van der Waals surface area (Å²) in [6.45, 7) is 9.32. The molecule has 0 N–H and O–H groups in total. The summed E-state index contributed by atoms with van der Waals surface area (Å²) in [4.78, 5) is 21.0. The number of piperazine rings is 1. The molecule has 4 rings (SSSR count). The van der Waals surface area contributed by atoms with Gasteiger partial charge in [-0.15, -0.1) is 0 Å². The summed E-state index contributed by atoms with van der Waals surface area (Å²) in [5.41, 5.74) is 1.06. The maximum absolute atomic E-state index is 11.8. The van der Waals surface area contributed by atoms with E-state index >= 15 is 0 Å². The fourth-order valence-electron chi connectivity index (χ4n) is 4.54. The van der Waals surface area contributed by atoms with Gasteiger partial charge in [0.15, 0.2) is 0 Å². The lowest BCUT2D eigenvalue weighted by atomic mass is 9.93. The molecule has 0 aliphatic carbocycles. The first-order valence-corrected chi connectivity index (χ1v) is 9.82. The molecule has 1 spiro atoms. The van der Waals surface area contributed by atoms with E-state index in [0.717, 1.165) is 71.7 Å². The Kier molecular flexibility index (Phi) is 5.05. The molecule has 26 heavy (non-hydrogen) atoms. The third-order valence-electron chi connectivity index (χ3n) is 5.99. The van der Waals surface area contributed by atoms with Crippen molar-refractivity contribution >= 4 is 11.8 Å². The summed E-state index contributed by atoms with van der Waals surface area (Å²) < 4.78 is 5.71. The van der Waals surface area contributed by atoms with Crippen molar-refractivity contribution in [2.45, 2.75) is 18.4 Å². The van der Waals surface area contributed by atoms with Crippen LogP contribution in [0.15, 0.2) is 30.3 Å². The molecule has 142 valence electrons. The third-order valence-corrected chi connectivity index (χ3v) is 5.99. The Labute approximate surface area is 156 Å². The molecule has 3 fully saturated rings. The Balaban J connectivity index is 1.23. The molecular weight excluding hydrogens is 328 g/mol. The zero-order chi connectivity index (χ0) is 18.0. The number of carbonyl (C=O) groups is 1. The number of benzene rings is 1. The van der Waals surface area contributed by atoms with Crippen LogP contribution >= 0.6 is 0 Å². The van der Waals surface area contributed by atoms with E-state index in [1.54, 1.807) is 4.90 Å². The van der Waals surface area contributed by atoms with Crippen LogP contribution in [-0.4, -0.2) is 92.3 Å². The minimum atomic E-state index is -0.268. The molecule has 0 bridgehead atoms. The van der Waals surface area contributed by atoms with E-state index in [2.05, 4.69) is 45.0 Å². The van der Waals surface area contributed by atoms with Crippen LogP contribution in [0.2, 0.25) is 0 Å². The van der Waals surface area contributed by atoms with Crippen LogP contribution in [-0.2, 0) is 4.74 Å². The fourth-order valence-corrected chi connectivity index (χ4v) is 4.54. The van der Waals surface area contributed by atoms with Crippen LogP contribution in [0.4, 0.5) is 10.5 Å². The largest absolute Gasteiger partial charge is 0.440 e. The Morgan fingerprint density at radius 2 is 1.69 bits per heavy atom. The zero-order valence-electron chi connectivity index (χ0n) is 15.8. The molecule has 0 radical (unpaired) electrons. The predicted octanol–water partition coefficient (Wildman–Crippen LogP) is 1.73. The minimum Gasteiger partial charge on any atom is -0.440 e. The van der Waals surface area contributed by atoms with Gasteiger partial charge in [-0.2, -0.15) is 0 Å². The van der Waals surface area contributed by atoms with Gasteiger partial charge in [0.2, 0.25) is 0 Å². The van der Waals surface area contributed by atoms with Gasteiger partial charge in [-0.3, -0.25) is 9.80 Å². The number of nitrogens with zero attached hydrogens (tertiary/aromatic N) is 4. The molecule has 1 atom stereocenters. The van der Waals surface area contributed by atoms with Gasteiger partial charge in [0, 0.05) is 58.5 Å². The van der Waals surface area contributed by atoms with Gasteiger partial charge >= 0.3 is 6.09 Å². The first kappa shape index (κ1) is 17.6. The van der Waals surface area contributed by atoms with E-state index in [-0.39, 0.29) is 11.7 Å². The van der Waals surface area contributed by atoms with E-state index in [9.17, 15) is 4.79 Å². The molecule has 0 aromatic heterocycles. The van der Waals surface area contributed by atoms with Crippen LogP contribution in [0.25, 0.3) is 0 Å². The molecule has 3 saturated heterocycles. The highest BCUT2D eigenvalue weighted by molar-refractivity contribution is 5.70. The van der Waals surface area contributed by atoms with Gasteiger partial charge in [0.1, 0.15) is 5.60 Å². The molecule has 1 aromatic rings. The summed E-state index contributed by atoms with van der Waals surface area (Å²) in [6, 6.07) is 10.7. The molecule has 1 amide bonds. The Hall–Kier alpha value is -1.79.